The minimum atomic E-state index is -0.176. The summed E-state index contributed by atoms with van der Waals surface area (Å²) in [5.74, 6) is 0.0772. The molecule has 1 atom stereocenters. The second-order valence-electron chi connectivity index (χ2n) is 5.63. The molecule has 1 aliphatic heterocycles. The lowest BCUT2D eigenvalue weighted by molar-refractivity contribution is -0.122. The predicted octanol–water partition coefficient (Wildman–Crippen LogP) is 0.143. The van der Waals surface area contributed by atoms with Crippen molar-refractivity contribution in [3.05, 3.63) is 0 Å². The summed E-state index contributed by atoms with van der Waals surface area (Å²) < 4.78 is 5.33. The topological polar surface area (TPSA) is 76.4 Å². The minimum Gasteiger partial charge on any atom is -0.378 e. The molecule has 1 saturated heterocycles. The van der Waals surface area contributed by atoms with E-state index in [1.807, 2.05) is 0 Å². The number of amides is 1. The van der Waals surface area contributed by atoms with Crippen molar-refractivity contribution < 1.29 is 9.53 Å². The zero-order valence-corrected chi connectivity index (χ0v) is 11.0. The molecule has 5 nitrogen and oxygen atoms in total. The molecule has 2 rings (SSSR count). The van der Waals surface area contributed by atoms with E-state index in [1.54, 1.807) is 0 Å². The van der Waals surface area contributed by atoms with Crippen LogP contribution in [0.5, 0.6) is 0 Å². The fourth-order valence-corrected chi connectivity index (χ4v) is 2.75. The molecule has 1 aliphatic carbocycles. The van der Waals surface area contributed by atoms with Gasteiger partial charge in [0.15, 0.2) is 0 Å². The zero-order valence-electron chi connectivity index (χ0n) is 11.0. The third-order valence-electron chi connectivity index (χ3n) is 3.92. The molecule has 0 aromatic carbocycles. The van der Waals surface area contributed by atoms with Crippen molar-refractivity contribution in [2.45, 2.75) is 50.1 Å². The molecule has 1 heterocycles. The molecular weight excluding hydrogens is 230 g/mol. The maximum absolute atomic E-state index is 11.8. The summed E-state index contributed by atoms with van der Waals surface area (Å²) in [6.07, 6.45) is 6.18. The number of hydrogen-bond acceptors (Lipinski definition) is 4. The Hall–Kier alpha value is -0.650. The van der Waals surface area contributed by atoms with Gasteiger partial charge in [0.25, 0.3) is 0 Å². The van der Waals surface area contributed by atoms with Crippen LogP contribution in [0.1, 0.15) is 38.5 Å². The number of rotatable bonds is 4. The molecule has 18 heavy (non-hydrogen) atoms. The summed E-state index contributed by atoms with van der Waals surface area (Å²) in [5, 5.41) is 6.26. The quantitative estimate of drug-likeness (QED) is 0.668. The molecule has 2 fully saturated rings. The second-order valence-corrected chi connectivity index (χ2v) is 5.63. The number of nitrogens with one attached hydrogen (secondary N) is 2. The second kappa shape index (κ2) is 6.50. The first kappa shape index (κ1) is 13.8. The first-order chi connectivity index (χ1) is 8.68. The van der Waals surface area contributed by atoms with Gasteiger partial charge in [-0.1, -0.05) is 19.3 Å². The number of carbonyl (C=O) groups is 1. The highest BCUT2D eigenvalue weighted by atomic mass is 16.5. The van der Waals surface area contributed by atoms with Gasteiger partial charge in [0.1, 0.15) is 0 Å². The molecule has 0 radical (unpaired) electrons. The molecule has 1 saturated carbocycles. The van der Waals surface area contributed by atoms with Gasteiger partial charge in [-0.3, -0.25) is 4.79 Å². The smallest absolute Gasteiger partial charge is 0.221 e. The Morgan fingerprint density at radius 1 is 1.39 bits per heavy atom. The fourth-order valence-electron chi connectivity index (χ4n) is 2.75. The molecular formula is C13H25N3O2. The van der Waals surface area contributed by atoms with E-state index in [0.717, 1.165) is 26.0 Å². The van der Waals surface area contributed by atoms with Gasteiger partial charge in [0, 0.05) is 31.1 Å². The highest BCUT2D eigenvalue weighted by molar-refractivity contribution is 5.76. The van der Waals surface area contributed by atoms with Crippen LogP contribution >= 0.6 is 0 Å². The lowest BCUT2D eigenvalue weighted by Gasteiger charge is -2.33. The van der Waals surface area contributed by atoms with E-state index in [4.69, 9.17) is 10.5 Å². The fraction of sp³-hybridized carbons (Fsp3) is 0.923. The van der Waals surface area contributed by atoms with Crippen LogP contribution in [0.3, 0.4) is 0 Å². The van der Waals surface area contributed by atoms with Gasteiger partial charge < -0.3 is 21.1 Å². The van der Waals surface area contributed by atoms with Gasteiger partial charge in [-0.25, -0.2) is 0 Å². The van der Waals surface area contributed by atoms with Crippen LogP contribution in [0, 0.1) is 0 Å². The van der Waals surface area contributed by atoms with Crippen molar-refractivity contribution in [1.29, 1.82) is 0 Å². The Balaban J connectivity index is 1.67. The summed E-state index contributed by atoms with van der Waals surface area (Å²) in [6.45, 7) is 2.81. The molecule has 5 heteroatoms. The van der Waals surface area contributed by atoms with E-state index >= 15 is 0 Å². The summed E-state index contributed by atoms with van der Waals surface area (Å²) in [4.78, 5) is 11.8. The lowest BCUT2D eigenvalue weighted by atomic mass is 9.82. The Morgan fingerprint density at radius 2 is 2.17 bits per heavy atom. The average molecular weight is 255 g/mol. The van der Waals surface area contributed by atoms with Crippen LogP contribution < -0.4 is 16.4 Å². The molecule has 1 unspecified atom stereocenters. The van der Waals surface area contributed by atoms with Crippen LogP contribution in [0.4, 0.5) is 0 Å². The van der Waals surface area contributed by atoms with E-state index in [1.165, 1.54) is 19.3 Å². The van der Waals surface area contributed by atoms with Crippen molar-refractivity contribution in [3.63, 3.8) is 0 Å². The predicted molar refractivity (Wildman–Crippen MR) is 70.2 cm³/mol. The Bertz CT molecular complexity index is 271. The standard InChI is InChI=1S/C13H25N3O2/c14-13(4-2-1-3-5-13)10-16-12(17)8-11-9-18-7-6-15-11/h11,15H,1-10,14H2,(H,16,17). The molecule has 0 aromatic heterocycles. The number of morpholine rings is 1. The van der Waals surface area contributed by atoms with Gasteiger partial charge in [0.05, 0.1) is 13.2 Å². The van der Waals surface area contributed by atoms with Crippen LogP contribution in [0.25, 0.3) is 0 Å². The Kier molecular flexibility index (Phi) is 4.97. The van der Waals surface area contributed by atoms with Crippen molar-refractivity contribution in [2.75, 3.05) is 26.3 Å². The average Bonchev–Trinajstić information content (AvgIpc) is 2.39. The number of ether oxygens (including phenoxy) is 1. The van der Waals surface area contributed by atoms with E-state index in [-0.39, 0.29) is 17.5 Å². The Morgan fingerprint density at radius 3 is 2.83 bits per heavy atom. The van der Waals surface area contributed by atoms with Crippen LogP contribution in [-0.4, -0.2) is 43.8 Å². The normalized spacial score (nSPS) is 27.7. The van der Waals surface area contributed by atoms with Crippen molar-refractivity contribution in [3.8, 4) is 0 Å². The van der Waals surface area contributed by atoms with Gasteiger partial charge in [-0.2, -0.15) is 0 Å². The van der Waals surface area contributed by atoms with Gasteiger partial charge in [0.2, 0.25) is 5.91 Å². The first-order valence-corrected chi connectivity index (χ1v) is 7.05. The van der Waals surface area contributed by atoms with E-state index in [0.29, 0.717) is 19.6 Å². The van der Waals surface area contributed by atoms with Crippen molar-refractivity contribution in [2.24, 2.45) is 5.73 Å². The number of hydrogen-bond donors (Lipinski definition) is 3. The van der Waals surface area contributed by atoms with Gasteiger partial charge in [-0.05, 0) is 12.8 Å². The number of carbonyl (C=O) groups excluding carboxylic acids is 1. The van der Waals surface area contributed by atoms with Crippen LogP contribution in [0.2, 0.25) is 0 Å². The Labute approximate surface area is 109 Å². The van der Waals surface area contributed by atoms with E-state index < -0.39 is 0 Å². The molecule has 4 N–H and O–H groups in total. The summed E-state index contributed by atoms with van der Waals surface area (Å²) in [6, 6.07) is 0.152. The SMILES string of the molecule is NC1(CNC(=O)CC2COCCN2)CCCCC1. The maximum atomic E-state index is 11.8. The number of nitrogens with two attached hydrogens (primary N) is 1. The monoisotopic (exact) mass is 255 g/mol. The van der Waals surface area contributed by atoms with E-state index in [2.05, 4.69) is 10.6 Å². The third kappa shape index (κ3) is 4.23. The molecule has 0 aromatic rings. The molecule has 0 bridgehead atoms. The summed E-state index contributed by atoms with van der Waals surface area (Å²) >= 11 is 0. The highest BCUT2D eigenvalue weighted by Gasteiger charge is 2.28. The molecule has 0 spiro atoms. The van der Waals surface area contributed by atoms with Gasteiger partial charge in [-0.15, -0.1) is 0 Å². The molecule has 1 amide bonds. The van der Waals surface area contributed by atoms with Crippen molar-refractivity contribution >= 4 is 5.91 Å². The highest BCUT2D eigenvalue weighted by Crippen LogP contribution is 2.25. The zero-order chi connectivity index (χ0) is 12.8. The minimum absolute atomic E-state index is 0.0772. The third-order valence-corrected chi connectivity index (χ3v) is 3.92. The first-order valence-electron chi connectivity index (χ1n) is 7.05. The van der Waals surface area contributed by atoms with Crippen molar-refractivity contribution in [1.82, 2.24) is 10.6 Å². The lowest BCUT2D eigenvalue weighted by Crippen LogP contribution is -2.52. The van der Waals surface area contributed by atoms with Crippen LogP contribution in [-0.2, 0) is 9.53 Å². The van der Waals surface area contributed by atoms with E-state index in [9.17, 15) is 4.79 Å². The summed E-state index contributed by atoms with van der Waals surface area (Å²) in [5.41, 5.74) is 6.11. The summed E-state index contributed by atoms with van der Waals surface area (Å²) in [7, 11) is 0. The molecule has 104 valence electrons. The maximum Gasteiger partial charge on any atom is 0.221 e. The van der Waals surface area contributed by atoms with Gasteiger partial charge >= 0.3 is 0 Å². The largest absolute Gasteiger partial charge is 0.378 e. The molecule has 2 aliphatic rings. The van der Waals surface area contributed by atoms with Crippen LogP contribution in [0.15, 0.2) is 0 Å².